The molecule has 12 nitrogen and oxygen atoms in total. The fraction of sp³-hybridized carbons (Fsp3) is 0.359. The van der Waals surface area contributed by atoms with Gasteiger partial charge in [-0.25, -0.2) is 4.79 Å². The van der Waals surface area contributed by atoms with Gasteiger partial charge in [-0.1, -0.05) is 67.4 Å². The number of nitrogens with one attached hydrogen (secondary N) is 2. The van der Waals surface area contributed by atoms with Crippen LogP contribution in [0.5, 0.6) is 11.5 Å². The number of hydrogen-bond acceptors (Lipinski definition) is 9. The molecule has 0 aliphatic carbocycles. The van der Waals surface area contributed by atoms with E-state index in [1.54, 1.807) is 14.2 Å². The van der Waals surface area contributed by atoms with E-state index in [1.807, 2.05) is 78.9 Å². The summed E-state index contributed by atoms with van der Waals surface area (Å²) in [5.41, 5.74) is 5.58. The minimum atomic E-state index is -1.14. The molecule has 12 heteroatoms. The second kappa shape index (κ2) is 17.8. The number of aromatic nitrogens is 2. The van der Waals surface area contributed by atoms with E-state index in [-0.39, 0.29) is 24.5 Å². The average Bonchev–Trinajstić information content (AvgIpc) is 3.53. The normalized spacial score (nSPS) is 17.5. The summed E-state index contributed by atoms with van der Waals surface area (Å²) in [6.45, 7) is 1.10. The van der Waals surface area contributed by atoms with Crippen LogP contribution in [0, 0.1) is 0 Å². The molecular weight excluding hydrogens is 652 g/mol. The van der Waals surface area contributed by atoms with Crippen molar-refractivity contribution in [3.05, 3.63) is 134 Å². The molecule has 3 unspecified atom stereocenters. The number of nitrogens with zero attached hydrogens (tertiary/aromatic N) is 1. The third-order valence-corrected chi connectivity index (χ3v) is 8.99. The Balaban J connectivity index is 1.37. The van der Waals surface area contributed by atoms with Gasteiger partial charge in [-0.05, 0) is 66.4 Å². The average molecular weight is 699 g/mol. The number of aliphatic hydroxyl groups is 1. The van der Waals surface area contributed by atoms with E-state index < -0.39 is 35.3 Å². The number of hydrogen-bond donors (Lipinski definition) is 4. The molecule has 1 amide bonds. The molecule has 3 atom stereocenters. The minimum Gasteiger partial charge on any atom is -0.497 e. The van der Waals surface area contributed by atoms with Crippen LogP contribution >= 0.6 is 0 Å². The lowest BCUT2D eigenvalue weighted by molar-refractivity contribution is -0.116. The molecular formula is C39H46N4O8. The van der Waals surface area contributed by atoms with Crippen molar-refractivity contribution in [2.45, 2.75) is 56.1 Å². The van der Waals surface area contributed by atoms with Crippen LogP contribution in [-0.4, -0.2) is 66.7 Å². The van der Waals surface area contributed by atoms with Crippen LogP contribution in [0.1, 0.15) is 60.6 Å². The van der Waals surface area contributed by atoms with Crippen LogP contribution in [0.15, 0.2) is 101 Å². The zero-order valence-electron chi connectivity index (χ0n) is 29.0. The molecule has 1 aliphatic heterocycles. The summed E-state index contributed by atoms with van der Waals surface area (Å²) in [5.74, 6) is 1.01. The van der Waals surface area contributed by atoms with Gasteiger partial charge in [0, 0.05) is 25.2 Å². The monoisotopic (exact) mass is 698 g/mol. The van der Waals surface area contributed by atoms with Crippen molar-refractivity contribution in [1.82, 2.24) is 14.9 Å². The summed E-state index contributed by atoms with van der Waals surface area (Å²) >= 11 is 0. The van der Waals surface area contributed by atoms with E-state index in [0.29, 0.717) is 24.6 Å². The molecule has 0 bridgehead atoms. The van der Waals surface area contributed by atoms with E-state index in [4.69, 9.17) is 24.7 Å². The Morgan fingerprint density at radius 3 is 2.16 bits per heavy atom. The molecule has 1 aromatic heterocycles. The number of unbranched alkanes of at least 4 members (excludes halogenated alkanes) is 3. The number of rotatable bonds is 17. The number of ether oxygens (including phenoxy) is 4. The number of H-pyrrole nitrogens is 1. The number of carbonyl (C=O) groups excluding carboxylic acids is 1. The van der Waals surface area contributed by atoms with Crippen LogP contribution in [-0.2, 0) is 19.9 Å². The summed E-state index contributed by atoms with van der Waals surface area (Å²) in [6.07, 6.45) is 5.01. The van der Waals surface area contributed by atoms with E-state index in [0.717, 1.165) is 42.4 Å². The van der Waals surface area contributed by atoms with E-state index in [1.165, 1.54) is 22.9 Å². The van der Waals surface area contributed by atoms with Crippen molar-refractivity contribution < 1.29 is 28.8 Å². The van der Waals surface area contributed by atoms with Gasteiger partial charge in [-0.3, -0.25) is 19.1 Å². The Morgan fingerprint density at radius 1 is 0.941 bits per heavy atom. The minimum absolute atomic E-state index is 0.0537. The predicted octanol–water partition coefficient (Wildman–Crippen LogP) is 3.86. The third-order valence-electron chi connectivity index (χ3n) is 8.99. The first-order valence-corrected chi connectivity index (χ1v) is 17.1. The van der Waals surface area contributed by atoms with Crippen molar-refractivity contribution in [3.8, 4) is 11.5 Å². The maximum Gasteiger partial charge on any atom is 0.330 e. The van der Waals surface area contributed by atoms with Crippen LogP contribution in [0.3, 0.4) is 0 Å². The summed E-state index contributed by atoms with van der Waals surface area (Å²) in [7, 11) is 3.21. The SMILES string of the molecule is COc1ccc(C(OCC2OC(n3cc(C=CC(=O)NCCCCCCN)c(=O)[nH]c3=O)CC2O)(c2ccccc2)c2ccc(OC)cc2)cc1. The number of carbonyl (C=O) groups is 1. The van der Waals surface area contributed by atoms with Crippen molar-refractivity contribution in [2.75, 3.05) is 33.9 Å². The lowest BCUT2D eigenvalue weighted by atomic mass is 9.80. The Morgan fingerprint density at radius 2 is 1.55 bits per heavy atom. The number of aliphatic hydroxyl groups excluding tert-OH is 1. The van der Waals surface area contributed by atoms with Gasteiger partial charge in [0.2, 0.25) is 5.91 Å². The summed E-state index contributed by atoms with van der Waals surface area (Å²) in [4.78, 5) is 40.2. The van der Waals surface area contributed by atoms with Gasteiger partial charge in [0.1, 0.15) is 29.4 Å². The summed E-state index contributed by atoms with van der Waals surface area (Å²) in [6, 6.07) is 24.9. The number of amides is 1. The smallest absolute Gasteiger partial charge is 0.330 e. The molecule has 0 spiro atoms. The van der Waals surface area contributed by atoms with Gasteiger partial charge in [0.25, 0.3) is 5.56 Å². The quantitative estimate of drug-likeness (QED) is 0.0728. The molecule has 1 aliphatic rings. The second-order valence-corrected chi connectivity index (χ2v) is 12.3. The highest BCUT2D eigenvalue weighted by Gasteiger charge is 2.42. The Labute approximate surface area is 296 Å². The molecule has 0 saturated carbocycles. The highest BCUT2D eigenvalue weighted by atomic mass is 16.6. The zero-order valence-corrected chi connectivity index (χ0v) is 29.0. The molecule has 51 heavy (non-hydrogen) atoms. The molecule has 4 aromatic rings. The van der Waals surface area contributed by atoms with Crippen LogP contribution < -0.4 is 31.8 Å². The maximum atomic E-state index is 12.9. The largest absolute Gasteiger partial charge is 0.497 e. The number of aromatic amines is 1. The first kappa shape index (κ1) is 37.3. The van der Waals surface area contributed by atoms with Gasteiger partial charge in [-0.15, -0.1) is 0 Å². The topological polar surface area (TPSA) is 167 Å². The third kappa shape index (κ3) is 9.02. The maximum absolute atomic E-state index is 12.9. The number of methoxy groups -OCH3 is 2. The Hall–Kier alpha value is -5.01. The van der Waals surface area contributed by atoms with E-state index in [9.17, 15) is 19.5 Å². The lowest BCUT2D eigenvalue weighted by Gasteiger charge is -2.37. The molecule has 3 aromatic carbocycles. The molecule has 270 valence electrons. The van der Waals surface area contributed by atoms with Crippen LogP contribution in [0.4, 0.5) is 0 Å². The first-order chi connectivity index (χ1) is 24.8. The van der Waals surface area contributed by atoms with Gasteiger partial charge < -0.3 is 35.1 Å². The molecule has 0 radical (unpaired) electrons. The fourth-order valence-electron chi connectivity index (χ4n) is 6.21. The highest BCUT2D eigenvalue weighted by Crippen LogP contribution is 2.42. The Kier molecular flexibility index (Phi) is 13.0. The van der Waals surface area contributed by atoms with E-state index in [2.05, 4.69) is 10.3 Å². The van der Waals surface area contributed by atoms with Crippen molar-refractivity contribution in [3.63, 3.8) is 0 Å². The number of benzene rings is 3. The standard InChI is InChI=1S/C39H46N4O8/c1-48-31-17-13-29(14-18-31)39(28-10-6-5-7-11-28,30-15-19-32(49-2)20-16-30)50-26-34-33(44)24-36(51-34)43-25-27(37(46)42-38(43)47)12-21-35(45)41-23-9-4-3-8-22-40/h5-7,10-21,25,33-34,36,44H,3-4,8-9,22-24,26,40H2,1-2H3,(H,41,45)(H,42,46,47). The van der Waals surface area contributed by atoms with Crippen molar-refractivity contribution in [2.24, 2.45) is 5.73 Å². The molecule has 5 rings (SSSR count). The first-order valence-electron chi connectivity index (χ1n) is 17.1. The van der Waals surface area contributed by atoms with E-state index >= 15 is 0 Å². The second-order valence-electron chi connectivity index (χ2n) is 12.3. The highest BCUT2D eigenvalue weighted by molar-refractivity contribution is 5.91. The van der Waals surface area contributed by atoms with Gasteiger partial charge in [0.05, 0.1) is 32.5 Å². The number of nitrogens with two attached hydrogens (primary N) is 1. The van der Waals surface area contributed by atoms with Crippen molar-refractivity contribution >= 4 is 12.0 Å². The van der Waals surface area contributed by atoms with Crippen LogP contribution in [0.25, 0.3) is 6.08 Å². The zero-order chi connectivity index (χ0) is 36.2. The molecule has 2 heterocycles. The van der Waals surface area contributed by atoms with Crippen LogP contribution in [0.2, 0.25) is 0 Å². The van der Waals surface area contributed by atoms with Gasteiger partial charge in [-0.2, -0.15) is 0 Å². The van der Waals surface area contributed by atoms with Gasteiger partial charge in [0.15, 0.2) is 0 Å². The molecule has 1 fully saturated rings. The molecule has 1 saturated heterocycles. The van der Waals surface area contributed by atoms with Gasteiger partial charge >= 0.3 is 5.69 Å². The fourth-order valence-corrected chi connectivity index (χ4v) is 6.21. The predicted molar refractivity (Wildman–Crippen MR) is 194 cm³/mol. The lowest BCUT2D eigenvalue weighted by Crippen LogP contribution is -2.38. The summed E-state index contributed by atoms with van der Waals surface area (Å²) < 4.78 is 25.2. The van der Waals surface area contributed by atoms with Crippen molar-refractivity contribution in [1.29, 1.82) is 0 Å². The summed E-state index contributed by atoms with van der Waals surface area (Å²) in [5, 5.41) is 14.0. The molecule has 5 N–H and O–H groups in total. The Bertz CT molecular complexity index is 1810.